The Labute approximate surface area is 144 Å². The first-order valence-corrected chi connectivity index (χ1v) is 8.79. The number of fused-ring (bicyclic) bond motifs is 1. The normalized spacial score (nSPS) is 16.6. The highest BCUT2D eigenvalue weighted by Crippen LogP contribution is 2.31. The summed E-state index contributed by atoms with van der Waals surface area (Å²) in [7, 11) is 0. The van der Waals surface area contributed by atoms with E-state index in [4.69, 9.17) is 0 Å². The maximum Gasteiger partial charge on any atom is 0.254 e. The zero-order valence-electron chi connectivity index (χ0n) is 14.1. The molecule has 25 heavy (non-hydrogen) atoms. The predicted molar refractivity (Wildman–Crippen MR) is 93.3 cm³/mol. The average Bonchev–Trinajstić information content (AvgIpc) is 3.31. The maximum absolute atomic E-state index is 12.5. The third kappa shape index (κ3) is 2.84. The van der Waals surface area contributed by atoms with Crippen LogP contribution in [0.2, 0.25) is 0 Å². The molecule has 1 atom stereocenters. The molecule has 0 saturated heterocycles. The van der Waals surface area contributed by atoms with E-state index in [1.807, 2.05) is 18.2 Å². The lowest BCUT2D eigenvalue weighted by Gasteiger charge is -2.15. The number of H-pyrrole nitrogens is 1. The number of aliphatic hydroxyl groups is 1. The zero-order chi connectivity index (χ0) is 17.4. The minimum atomic E-state index is -1.14. The van der Waals surface area contributed by atoms with Crippen LogP contribution in [-0.2, 0) is 6.42 Å². The standard InChI is InChI=1S/C18H21N5O2/c1-2-11-7-8-15-12(9-11)10-14(18(25)19-15)16(24)17-20-21-22-23(17)13-5-3-4-6-13/h7-10,13,16,24H,2-6H2,1H3,(H,19,25). The van der Waals surface area contributed by atoms with Gasteiger partial charge in [-0.2, -0.15) is 0 Å². The molecule has 3 aromatic rings. The fourth-order valence-electron chi connectivity index (χ4n) is 3.62. The number of aromatic amines is 1. The molecular weight excluding hydrogens is 318 g/mol. The van der Waals surface area contributed by atoms with Crippen molar-refractivity contribution in [1.82, 2.24) is 25.2 Å². The third-order valence-corrected chi connectivity index (χ3v) is 5.07. The van der Waals surface area contributed by atoms with Gasteiger partial charge in [-0.25, -0.2) is 4.68 Å². The van der Waals surface area contributed by atoms with Crippen molar-refractivity contribution in [3.8, 4) is 0 Å². The van der Waals surface area contributed by atoms with Crippen LogP contribution >= 0.6 is 0 Å². The number of nitrogens with one attached hydrogen (secondary N) is 1. The van der Waals surface area contributed by atoms with Crippen molar-refractivity contribution in [3.63, 3.8) is 0 Å². The third-order valence-electron chi connectivity index (χ3n) is 5.07. The van der Waals surface area contributed by atoms with Crippen molar-refractivity contribution in [2.24, 2.45) is 0 Å². The Hall–Kier alpha value is -2.54. The molecule has 1 unspecified atom stereocenters. The van der Waals surface area contributed by atoms with E-state index >= 15 is 0 Å². The van der Waals surface area contributed by atoms with Crippen LogP contribution in [0.3, 0.4) is 0 Å². The Kier molecular flexibility index (Phi) is 4.09. The van der Waals surface area contributed by atoms with Gasteiger partial charge in [0.2, 0.25) is 0 Å². The second-order valence-corrected chi connectivity index (χ2v) is 6.65. The second kappa shape index (κ2) is 6.40. The molecule has 1 aliphatic rings. The lowest BCUT2D eigenvalue weighted by Crippen LogP contribution is -2.21. The number of nitrogens with zero attached hydrogens (tertiary/aromatic N) is 4. The van der Waals surface area contributed by atoms with Crippen LogP contribution in [-0.4, -0.2) is 30.3 Å². The molecule has 0 radical (unpaired) electrons. The molecule has 0 spiro atoms. The highest BCUT2D eigenvalue weighted by Gasteiger charge is 2.27. The monoisotopic (exact) mass is 339 g/mol. The van der Waals surface area contributed by atoms with Crippen molar-refractivity contribution in [2.45, 2.75) is 51.2 Å². The number of benzene rings is 1. The summed E-state index contributed by atoms with van der Waals surface area (Å²) in [4.78, 5) is 15.3. The number of aliphatic hydroxyl groups excluding tert-OH is 1. The van der Waals surface area contributed by atoms with Gasteiger partial charge in [0, 0.05) is 5.52 Å². The van der Waals surface area contributed by atoms with Gasteiger partial charge in [-0.3, -0.25) is 4.79 Å². The number of hydrogen-bond acceptors (Lipinski definition) is 5. The average molecular weight is 339 g/mol. The van der Waals surface area contributed by atoms with E-state index in [0.29, 0.717) is 5.82 Å². The van der Waals surface area contributed by atoms with Gasteiger partial charge in [0.05, 0.1) is 11.6 Å². The van der Waals surface area contributed by atoms with E-state index in [1.54, 1.807) is 10.7 Å². The van der Waals surface area contributed by atoms with Gasteiger partial charge in [0.1, 0.15) is 6.10 Å². The van der Waals surface area contributed by atoms with Crippen LogP contribution in [0, 0.1) is 0 Å². The molecule has 0 bridgehead atoms. The first kappa shape index (κ1) is 16.0. The molecule has 1 aliphatic carbocycles. The van der Waals surface area contributed by atoms with Crippen LogP contribution in [0.25, 0.3) is 10.9 Å². The summed E-state index contributed by atoms with van der Waals surface area (Å²) >= 11 is 0. The number of hydrogen-bond donors (Lipinski definition) is 2. The molecule has 2 N–H and O–H groups in total. The van der Waals surface area contributed by atoms with Crippen LogP contribution in [0.4, 0.5) is 0 Å². The summed E-state index contributed by atoms with van der Waals surface area (Å²) in [6.07, 6.45) is 4.03. The fraction of sp³-hybridized carbons (Fsp3) is 0.444. The summed E-state index contributed by atoms with van der Waals surface area (Å²) in [5.41, 5.74) is 1.89. The van der Waals surface area contributed by atoms with Gasteiger partial charge in [0.25, 0.3) is 5.56 Å². The van der Waals surface area contributed by atoms with Crippen molar-refractivity contribution in [2.75, 3.05) is 0 Å². The van der Waals surface area contributed by atoms with E-state index < -0.39 is 6.10 Å². The number of aromatic nitrogens is 5. The van der Waals surface area contributed by atoms with E-state index in [9.17, 15) is 9.90 Å². The summed E-state index contributed by atoms with van der Waals surface area (Å²) in [6.45, 7) is 2.08. The molecule has 2 aromatic heterocycles. The molecule has 4 rings (SSSR count). The van der Waals surface area contributed by atoms with E-state index in [-0.39, 0.29) is 17.2 Å². The number of pyridine rings is 1. The van der Waals surface area contributed by atoms with E-state index in [0.717, 1.165) is 43.0 Å². The van der Waals surface area contributed by atoms with Gasteiger partial charge in [-0.1, -0.05) is 25.8 Å². The molecule has 7 nitrogen and oxygen atoms in total. The van der Waals surface area contributed by atoms with E-state index in [1.165, 1.54) is 5.56 Å². The summed E-state index contributed by atoms with van der Waals surface area (Å²) < 4.78 is 1.68. The number of tetrazole rings is 1. The van der Waals surface area contributed by atoms with Crippen LogP contribution in [0.5, 0.6) is 0 Å². The van der Waals surface area contributed by atoms with Gasteiger partial charge in [0.15, 0.2) is 5.82 Å². The van der Waals surface area contributed by atoms with Gasteiger partial charge in [-0.15, -0.1) is 5.10 Å². The molecule has 1 aromatic carbocycles. The molecule has 2 heterocycles. The highest BCUT2D eigenvalue weighted by atomic mass is 16.3. The molecule has 0 amide bonds. The van der Waals surface area contributed by atoms with Crippen LogP contribution in [0.1, 0.15) is 61.7 Å². The lowest BCUT2D eigenvalue weighted by molar-refractivity contribution is 0.196. The first-order chi connectivity index (χ1) is 12.2. The lowest BCUT2D eigenvalue weighted by atomic mass is 10.0. The van der Waals surface area contributed by atoms with Gasteiger partial charge in [-0.05, 0) is 58.8 Å². The Morgan fingerprint density at radius 2 is 2.12 bits per heavy atom. The number of rotatable bonds is 4. The molecule has 7 heteroatoms. The fourth-order valence-corrected chi connectivity index (χ4v) is 3.62. The highest BCUT2D eigenvalue weighted by molar-refractivity contribution is 5.79. The Morgan fingerprint density at radius 3 is 2.88 bits per heavy atom. The largest absolute Gasteiger partial charge is 0.380 e. The number of aryl methyl sites for hydroxylation is 1. The molecule has 0 aliphatic heterocycles. The Balaban J connectivity index is 1.77. The SMILES string of the molecule is CCc1ccc2[nH]c(=O)c(C(O)c3nnnn3C3CCCC3)cc2c1. The summed E-state index contributed by atoms with van der Waals surface area (Å²) in [5, 5.41) is 23.5. The topological polar surface area (TPSA) is 96.7 Å². The van der Waals surface area contributed by atoms with Gasteiger partial charge < -0.3 is 10.1 Å². The quantitative estimate of drug-likeness (QED) is 0.760. The van der Waals surface area contributed by atoms with Crippen molar-refractivity contribution in [3.05, 3.63) is 51.6 Å². The Bertz CT molecular complexity index is 955. The molecule has 1 saturated carbocycles. The van der Waals surface area contributed by atoms with Crippen molar-refractivity contribution >= 4 is 10.9 Å². The molecular formula is C18H21N5O2. The van der Waals surface area contributed by atoms with Crippen molar-refractivity contribution in [1.29, 1.82) is 0 Å². The minimum Gasteiger partial charge on any atom is -0.380 e. The zero-order valence-corrected chi connectivity index (χ0v) is 14.1. The van der Waals surface area contributed by atoms with Crippen molar-refractivity contribution < 1.29 is 5.11 Å². The Morgan fingerprint density at radius 1 is 1.32 bits per heavy atom. The smallest absolute Gasteiger partial charge is 0.254 e. The predicted octanol–water partition coefficient (Wildman–Crippen LogP) is 2.27. The second-order valence-electron chi connectivity index (χ2n) is 6.65. The molecule has 1 fully saturated rings. The minimum absolute atomic E-state index is 0.200. The maximum atomic E-state index is 12.5. The van der Waals surface area contributed by atoms with Gasteiger partial charge >= 0.3 is 0 Å². The summed E-state index contributed by atoms with van der Waals surface area (Å²) in [6, 6.07) is 7.86. The summed E-state index contributed by atoms with van der Waals surface area (Å²) in [5.74, 6) is 0.336. The first-order valence-electron chi connectivity index (χ1n) is 8.79. The van der Waals surface area contributed by atoms with E-state index in [2.05, 4.69) is 27.4 Å². The molecule has 130 valence electrons. The van der Waals surface area contributed by atoms with Crippen LogP contribution in [0.15, 0.2) is 29.1 Å². The van der Waals surface area contributed by atoms with Crippen LogP contribution < -0.4 is 5.56 Å².